The molecule has 112 valence electrons. The molecular formula is C16H16Br2ClNO. The van der Waals surface area contributed by atoms with Gasteiger partial charge in [0.1, 0.15) is 11.5 Å². The molecule has 1 N–H and O–H groups in total. The Labute approximate surface area is 147 Å². The maximum Gasteiger partial charge on any atom is 0.141 e. The molecule has 2 rings (SSSR count). The van der Waals surface area contributed by atoms with Gasteiger partial charge >= 0.3 is 0 Å². The number of rotatable bonds is 5. The first kappa shape index (κ1) is 16.8. The Bertz CT molecular complexity index is 632. The second-order valence-electron chi connectivity index (χ2n) is 4.96. The van der Waals surface area contributed by atoms with Crippen LogP contribution in [0, 0.1) is 0 Å². The summed E-state index contributed by atoms with van der Waals surface area (Å²) >= 11 is 13.0. The number of hydrogen-bond donors (Lipinski definition) is 1. The van der Waals surface area contributed by atoms with E-state index in [1.54, 1.807) is 0 Å². The van der Waals surface area contributed by atoms with E-state index in [4.69, 9.17) is 16.3 Å². The van der Waals surface area contributed by atoms with Gasteiger partial charge in [0.2, 0.25) is 0 Å². The normalized spacial score (nSPS) is 11.0. The molecule has 0 spiro atoms. The smallest absolute Gasteiger partial charge is 0.141 e. The fourth-order valence-corrected chi connectivity index (χ4v) is 3.05. The second kappa shape index (κ2) is 7.63. The fourth-order valence-electron chi connectivity index (χ4n) is 1.76. The van der Waals surface area contributed by atoms with Crippen LogP contribution in [0.15, 0.2) is 45.3 Å². The van der Waals surface area contributed by atoms with E-state index in [1.807, 2.05) is 36.4 Å². The van der Waals surface area contributed by atoms with Crippen LogP contribution in [0.25, 0.3) is 0 Å². The van der Waals surface area contributed by atoms with Crippen LogP contribution in [0.1, 0.15) is 19.4 Å². The fraction of sp³-hybridized carbons (Fsp3) is 0.250. The Balaban J connectivity index is 2.27. The lowest BCUT2D eigenvalue weighted by Crippen LogP contribution is -2.22. The summed E-state index contributed by atoms with van der Waals surface area (Å²) in [5.41, 5.74) is 1.07. The monoisotopic (exact) mass is 431 g/mol. The van der Waals surface area contributed by atoms with Gasteiger partial charge in [0.15, 0.2) is 0 Å². The molecule has 0 bridgehead atoms. The van der Waals surface area contributed by atoms with Crippen molar-refractivity contribution in [2.45, 2.75) is 26.4 Å². The zero-order valence-corrected chi connectivity index (χ0v) is 15.7. The average molecular weight is 434 g/mol. The van der Waals surface area contributed by atoms with Gasteiger partial charge in [0.25, 0.3) is 0 Å². The summed E-state index contributed by atoms with van der Waals surface area (Å²) in [5.74, 6) is 1.52. The molecule has 0 heterocycles. The molecule has 2 aromatic carbocycles. The van der Waals surface area contributed by atoms with Crippen LogP contribution in [-0.4, -0.2) is 6.04 Å². The highest BCUT2D eigenvalue weighted by atomic mass is 79.9. The van der Waals surface area contributed by atoms with E-state index in [1.165, 1.54) is 0 Å². The van der Waals surface area contributed by atoms with E-state index in [0.29, 0.717) is 11.1 Å². The maximum absolute atomic E-state index is 6.09. The summed E-state index contributed by atoms with van der Waals surface area (Å²) in [5, 5.41) is 4.05. The summed E-state index contributed by atoms with van der Waals surface area (Å²) in [6.07, 6.45) is 0. The minimum absolute atomic E-state index is 0.410. The van der Waals surface area contributed by atoms with Crippen molar-refractivity contribution in [3.8, 4) is 11.5 Å². The van der Waals surface area contributed by atoms with E-state index in [-0.39, 0.29) is 0 Å². The molecule has 0 aliphatic heterocycles. The van der Waals surface area contributed by atoms with Gasteiger partial charge in [0, 0.05) is 27.6 Å². The predicted octanol–water partition coefficient (Wildman–Crippen LogP) is 6.16. The van der Waals surface area contributed by atoms with E-state index >= 15 is 0 Å². The maximum atomic E-state index is 6.09. The molecule has 0 aliphatic rings. The minimum Gasteiger partial charge on any atom is -0.456 e. The molecule has 0 aromatic heterocycles. The lowest BCUT2D eigenvalue weighted by atomic mass is 10.2. The third-order valence-electron chi connectivity index (χ3n) is 2.84. The first-order valence-corrected chi connectivity index (χ1v) is 8.57. The zero-order valence-electron chi connectivity index (χ0n) is 11.8. The van der Waals surface area contributed by atoms with Gasteiger partial charge in [0.05, 0.1) is 4.47 Å². The Morgan fingerprint density at radius 2 is 1.86 bits per heavy atom. The highest BCUT2D eigenvalue weighted by Gasteiger charge is 2.09. The van der Waals surface area contributed by atoms with Gasteiger partial charge < -0.3 is 10.1 Å². The first-order chi connectivity index (χ1) is 9.95. The van der Waals surface area contributed by atoms with Crippen LogP contribution in [0.2, 0.25) is 5.02 Å². The third kappa shape index (κ3) is 4.99. The lowest BCUT2D eigenvalue weighted by molar-refractivity contribution is 0.466. The van der Waals surface area contributed by atoms with Crippen LogP contribution in [-0.2, 0) is 6.54 Å². The third-order valence-corrected chi connectivity index (χ3v) is 4.19. The molecule has 0 unspecified atom stereocenters. The SMILES string of the molecule is CC(C)NCc1ccc(Cl)cc1Oc1ccc(Br)cc1Br. The summed E-state index contributed by atoms with van der Waals surface area (Å²) in [4.78, 5) is 0. The quantitative estimate of drug-likeness (QED) is 0.610. The van der Waals surface area contributed by atoms with E-state index in [2.05, 4.69) is 51.0 Å². The van der Waals surface area contributed by atoms with Crippen LogP contribution < -0.4 is 10.1 Å². The average Bonchev–Trinajstić information content (AvgIpc) is 2.41. The van der Waals surface area contributed by atoms with Crippen molar-refractivity contribution >= 4 is 43.5 Å². The Hall–Kier alpha value is -0.550. The second-order valence-corrected chi connectivity index (χ2v) is 7.17. The van der Waals surface area contributed by atoms with Crippen LogP contribution in [0.3, 0.4) is 0 Å². The zero-order chi connectivity index (χ0) is 15.4. The van der Waals surface area contributed by atoms with Crippen molar-refractivity contribution in [1.82, 2.24) is 5.32 Å². The van der Waals surface area contributed by atoms with Gasteiger partial charge in [-0.15, -0.1) is 0 Å². The highest BCUT2D eigenvalue weighted by molar-refractivity contribution is 9.11. The molecule has 0 saturated heterocycles. The Kier molecular flexibility index (Phi) is 6.11. The van der Waals surface area contributed by atoms with Gasteiger partial charge in [-0.25, -0.2) is 0 Å². The van der Waals surface area contributed by atoms with Crippen molar-refractivity contribution in [3.63, 3.8) is 0 Å². The van der Waals surface area contributed by atoms with Gasteiger partial charge in [-0.1, -0.05) is 47.4 Å². The number of benzene rings is 2. The largest absolute Gasteiger partial charge is 0.456 e. The van der Waals surface area contributed by atoms with Crippen molar-refractivity contribution in [3.05, 3.63) is 55.9 Å². The van der Waals surface area contributed by atoms with E-state index in [0.717, 1.165) is 32.6 Å². The lowest BCUT2D eigenvalue weighted by Gasteiger charge is -2.15. The standard InChI is InChI=1S/C16H16Br2ClNO/c1-10(2)20-9-11-3-5-13(19)8-16(11)21-15-6-4-12(17)7-14(15)18/h3-8,10,20H,9H2,1-2H3. The molecular weight excluding hydrogens is 417 g/mol. The van der Waals surface area contributed by atoms with Gasteiger partial charge in [-0.2, -0.15) is 0 Å². The van der Waals surface area contributed by atoms with Crippen molar-refractivity contribution in [2.24, 2.45) is 0 Å². The van der Waals surface area contributed by atoms with Crippen LogP contribution >= 0.6 is 43.5 Å². The Morgan fingerprint density at radius 1 is 1.10 bits per heavy atom. The molecule has 0 fully saturated rings. The molecule has 0 amide bonds. The molecule has 2 nitrogen and oxygen atoms in total. The van der Waals surface area contributed by atoms with Crippen molar-refractivity contribution < 1.29 is 4.74 Å². The minimum atomic E-state index is 0.410. The number of ether oxygens (including phenoxy) is 1. The molecule has 0 saturated carbocycles. The number of nitrogens with one attached hydrogen (secondary N) is 1. The van der Waals surface area contributed by atoms with Gasteiger partial charge in [-0.3, -0.25) is 0 Å². The summed E-state index contributed by atoms with van der Waals surface area (Å²) in [6.45, 7) is 4.96. The molecule has 2 aromatic rings. The van der Waals surface area contributed by atoms with E-state index < -0.39 is 0 Å². The van der Waals surface area contributed by atoms with Crippen molar-refractivity contribution in [2.75, 3.05) is 0 Å². The number of halogens is 3. The Morgan fingerprint density at radius 3 is 2.52 bits per heavy atom. The molecule has 5 heteroatoms. The molecule has 0 atom stereocenters. The van der Waals surface area contributed by atoms with Crippen LogP contribution in [0.5, 0.6) is 11.5 Å². The van der Waals surface area contributed by atoms with Crippen LogP contribution in [0.4, 0.5) is 0 Å². The predicted molar refractivity (Wildman–Crippen MR) is 95.3 cm³/mol. The van der Waals surface area contributed by atoms with E-state index in [9.17, 15) is 0 Å². The topological polar surface area (TPSA) is 21.3 Å². The summed E-state index contributed by atoms with van der Waals surface area (Å²) in [6, 6.07) is 11.9. The van der Waals surface area contributed by atoms with Crippen molar-refractivity contribution in [1.29, 1.82) is 0 Å². The first-order valence-electron chi connectivity index (χ1n) is 6.60. The molecule has 0 aliphatic carbocycles. The van der Waals surface area contributed by atoms with Gasteiger partial charge in [-0.05, 0) is 46.3 Å². The molecule has 21 heavy (non-hydrogen) atoms. The summed E-state index contributed by atoms with van der Waals surface area (Å²) in [7, 11) is 0. The summed E-state index contributed by atoms with van der Waals surface area (Å²) < 4.78 is 7.90. The number of hydrogen-bond acceptors (Lipinski definition) is 2. The molecule has 0 radical (unpaired) electrons. The highest BCUT2D eigenvalue weighted by Crippen LogP contribution is 2.34.